The molecule has 4 aromatic rings. The molecule has 5 saturated heterocycles. The van der Waals surface area contributed by atoms with Gasteiger partial charge in [0.15, 0.2) is 5.82 Å². The minimum atomic E-state index is -1.27. The fraction of sp³-hybridized carbons (Fsp3) is 0.471. The number of fused-ring (bicyclic) bond motifs is 8. The summed E-state index contributed by atoms with van der Waals surface area (Å²) in [6.07, 6.45) is 3.88. The number of ether oxygens (including phenoxy) is 2. The van der Waals surface area contributed by atoms with E-state index in [9.17, 15) is 5.11 Å². The van der Waals surface area contributed by atoms with Crippen molar-refractivity contribution in [1.82, 2.24) is 20.2 Å². The number of aromatic nitrogens is 2. The molecule has 4 bridgehead atoms. The number of alkyl halides is 1. The van der Waals surface area contributed by atoms with E-state index >= 15 is 8.78 Å². The Morgan fingerprint density at radius 3 is 2.71 bits per heavy atom. The highest BCUT2D eigenvalue weighted by Gasteiger charge is 2.39. The predicted molar refractivity (Wildman–Crippen MR) is 171 cm³/mol. The lowest BCUT2D eigenvalue weighted by atomic mass is 9.96. The van der Waals surface area contributed by atoms with Gasteiger partial charge in [-0.2, -0.15) is 9.97 Å². The highest BCUT2D eigenvalue weighted by Crippen LogP contribution is 2.43. The van der Waals surface area contributed by atoms with Crippen LogP contribution in [0.4, 0.5) is 14.6 Å². The topological polar surface area (TPSA) is 83.0 Å². The number of morpholine rings is 1. The summed E-state index contributed by atoms with van der Waals surface area (Å²) in [7, 11) is 0. The average Bonchev–Trinajstić information content (AvgIpc) is 3.29. The van der Waals surface area contributed by atoms with Crippen LogP contribution >= 0.6 is 11.6 Å². The lowest BCUT2D eigenvalue weighted by Crippen LogP contribution is -2.54. The lowest BCUT2D eigenvalue weighted by molar-refractivity contribution is -0.0276. The first-order valence-corrected chi connectivity index (χ1v) is 16.3. The highest BCUT2D eigenvalue weighted by molar-refractivity contribution is 6.35. The molecule has 45 heavy (non-hydrogen) atoms. The van der Waals surface area contributed by atoms with E-state index < -0.39 is 12.0 Å². The van der Waals surface area contributed by atoms with Gasteiger partial charge in [0.1, 0.15) is 29.9 Å². The van der Waals surface area contributed by atoms with E-state index in [4.69, 9.17) is 26.1 Å². The number of halogens is 3. The van der Waals surface area contributed by atoms with Crippen LogP contribution in [-0.4, -0.2) is 89.8 Å². The zero-order chi connectivity index (χ0) is 30.7. The second-order valence-corrected chi connectivity index (χ2v) is 13.3. The SMILES string of the molecule is Oc1cc(-c2c(Cl)cc3c(N4CC5CCCC4CN5)nc(OCC(F)CN4C5CCC4COC5)nc3c2F)c2ccccc2c1. The average molecular weight is 636 g/mol. The van der Waals surface area contributed by atoms with E-state index in [1.165, 1.54) is 6.07 Å². The van der Waals surface area contributed by atoms with E-state index in [1.807, 2.05) is 24.3 Å². The number of nitrogens with one attached hydrogen (secondary N) is 1. The Hall–Kier alpha value is -3.31. The number of anilines is 1. The Bertz CT molecular complexity index is 1740. The van der Waals surface area contributed by atoms with E-state index in [0.29, 0.717) is 36.5 Å². The van der Waals surface area contributed by atoms with Crippen LogP contribution in [0.5, 0.6) is 11.8 Å². The Kier molecular flexibility index (Phi) is 7.64. The van der Waals surface area contributed by atoms with Gasteiger partial charge >= 0.3 is 6.01 Å². The predicted octanol–water partition coefficient (Wildman–Crippen LogP) is 5.86. The van der Waals surface area contributed by atoms with Crippen LogP contribution in [0.1, 0.15) is 32.1 Å². The number of benzene rings is 3. The van der Waals surface area contributed by atoms with Crippen LogP contribution in [0.15, 0.2) is 42.5 Å². The van der Waals surface area contributed by atoms with Gasteiger partial charge in [0, 0.05) is 54.8 Å². The Balaban J connectivity index is 1.20. The van der Waals surface area contributed by atoms with Gasteiger partial charge in [0.05, 0.1) is 18.2 Å². The van der Waals surface area contributed by atoms with Crippen molar-refractivity contribution in [1.29, 1.82) is 0 Å². The monoisotopic (exact) mass is 635 g/mol. The lowest BCUT2D eigenvalue weighted by Gasteiger charge is -2.39. The van der Waals surface area contributed by atoms with Gasteiger partial charge in [0.2, 0.25) is 0 Å². The molecular weight excluding hydrogens is 600 g/mol. The van der Waals surface area contributed by atoms with E-state index in [1.54, 1.807) is 12.1 Å². The first-order chi connectivity index (χ1) is 21.9. The first-order valence-electron chi connectivity index (χ1n) is 15.9. The molecule has 8 nitrogen and oxygen atoms in total. The van der Waals surface area contributed by atoms with Crippen molar-refractivity contribution in [2.24, 2.45) is 0 Å². The molecular formula is C34H36ClF2N5O3. The van der Waals surface area contributed by atoms with Gasteiger partial charge in [0.25, 0.3) is 0 Å². The van der Waals surface area contributed by atoms with Crippen molar-refractivity contribution in [3.63, 3.8) is 0 Å². The van der Waals surface area contributed by atoms with Crippen LogP contribution in [0.25, 0.3) is 32.8 Å². The molecule has 0 aliphatic carbocycles. The summed E-state index contributed by atoms with van der Waals surface area (Å²) in [5.74, 6) is -0.0906. The molecule has 0 amide bonds. The maximum atomic E-state index is 16.8. The molecule has 0 radical (unpaired) electrons. The molecule has 236 valence electrons. The summed E-state index contributed by atoms with van der Waals surface area (Å²) in [6.45, 7) is 2.78. The molecule has 5 unspecified atom stereocenters. The zero-order valence-corrected chi connectivity index (χ0v) is 25.6. The van der Waals surface area contributed by atoms with Gasteiger partial charge in [-0.1, -0.05) is 35.9 Å². The summed E-state index contributed by atoms with van der Waals surface area (Å²) in [5.41, 5.74) is 0.647. The van der Waals surface area contributed by atoms with Gasteiger partial charge in [-0.15, -0.1) is 0 Å². The molecule has 3 aromatic carbocycles. The largest absolute Gasteiger partial charge is 0.508 e. The number of hydrogen-bond acceptors (Lipinski definition) is 8. The molecule has 0 saturated carbocycles. The molecule has 0 spiro atoms. The molecule has 2 N–H and O–H groups in total. The Morgan fingerprint density at radius 1 is 1.04 bits per heavy atom. The zero-order valence-electron chi connectivity index (χ0n) is 24.9. The smallest absolute Gasteiger partial charge is 0.319 e. The van der Waals surface area contributed by atoms with E-state index in [-0.39, 0.29) is 65.2 Å². The summed E-state index contributed by atoms with van der Waals surface area (Å²) >= 11 is 6.88. The third-order valence-electron chi connectivity index (χ3n) is 10.0. The quantitative estimate of drug-likeness (QED) is 0.261. The van der Waals surface area contributed by atoms with Crippen molar-refractivity contribution in [2.75, 3.05) is 44.4 Å². The molecule has 9 rings (SSSR count). The third-order valence-corrected chi connectivity index (χ3v) is 10.3. The standard InChI is InChI=1S/C34H36ClF2N5O3/c35-29-12-28-32(31(37)30(29)27-11-25(43)10-19-4-1-2-7-26(19)27)39-34(40-33(28)42-15-21-5-3-6-22(42)13-38-21)45-16-20(36)14-41-23-8-9-24(41)18-44-17-23/h1-2,4,7,10-12,20-24,38,43H,3,5-6,8-9,13-18H2. The number of nitrogens with zero attached hydrogens (tertiary/aromatic N) is 4. The molecule has 5 aliphatic heterocycles. The van der Waals surface area contributed by atoms with Crippen molar-refractivity contribution in [2.45, 2.75) is 62.4 Å². The first kappa shape index (κ1) is 29.1. The number of hydrogen-bond donors (Lipinski definition) is 2. The van der Waals surface area contributed by atoms with Gasteiger partial charge in [-0.25, -0.2) is 8.78 Å². The maximum absolute atomic E-state index is 16.8. The highest BCUT2D eigenvalue weighted by atomic mass is 35.5. The molecule has 5 aliphatic rings. The van der Waals surface area contributed by atoms with Crippen LogP contribution < -0.4 is 15.0 Å². The Morgan fingerprint density at radius 2 is 1.87 bits per heavy atom. The van der Waals surface area contributed by atoms with Crippen LogP contribution in [-0.2, 0) is 4.74 Å². The van der Waals surface area contributed by atoms with E-state index in [0.717, 1.165) is 49.4 Å². The minimum absolute atomic E-state index is 0.00227. The van der Waals surface area contributed by atoms with Crippen molar-refractivity contribution in [3.05, 3.63) is 53.3 Å². The molecule has 5 atom stereocenters. The van der Waals surface area contributed by atoms with Crippen molar-refractivity contribution < 1.29 is 23.4 Å². The number of rotatable bonds is 7. The van der Waals surface area contributed by atoms with Crippen molar-refractivity contribution >= 4 is 39.1 Å². The maximum Gasteiger partial charge on any atom is 0.319 e. The van der Waals surface area contributed by atoms with Crippen LogP contribution in [0.2, 0.25) is 5.02 Å². The summed E-state index contributed by atoms with van der Waals surface area (Å²) in [4.78, 5) is 13.7. The van der Waals surface area contributed by atoms with Crippen molar-refractivity contribution in [3.8, 4) is 22.9 Å². The summed E-state index contributed by atoms with van der Waals surface area (Å²) < 4.78 is 43.8. The van der Waals surface area contributed by atoms with Gasteiger partial charge < -0.3 is 24.8 Å². The number of aromatic hydroxyl groups is 1. The second kappa shape index (κ2) is 11.8. The summed E-state index contributed by atoms with van der Waals surface area (Å²) in [6, 6.07) is 13.2. The fourth-order valence-corrected chi connectivity index (χ4v) is 8.12. The second-order valence-electron chi connectivity index (χ2n) is 12.9. The van der Waals surface area contributed by atoms with Crippen LogP contribution in [0.3, 0.4) is 0 Å². The molecule has 6 heterocycles. The summed E-state index contributed by atoms with van der Waals surface area (Å²) in [5, 5.41) is 16.3. The van der Waals surface area contributed by atoms with Gasteiger partial charge in [-0.05, 0) is 66.6 Å². The molecule has 11 heteroatoms. The number of piperazine rings is 1. The molecule has 5 fully saturated rings. The number of phenolic OH excluding ortho intramolecular Hbond substituents is 1. The molecule has 1 aromatic heterocycles. The van der Waals surface area contributed by atoms with Gasteiger partial charge in [-0.3, -0.25) is 4.90 Å². The Labute approximate surface area is 265 Å². The normalized spacial score (nSPS) is 25.6. The number of phenols is 1. The van der Waals surface area contributed by atoms with E-state index in [2.05, 4.69) is 20.1 Å². The minimum Gasteiger partial charge on any atom is -0.508 e. The third kappa shape index (κ3) is 5.35. The van der Waals surface area contributed by atoms with Crippen LogP contribution in [0, 0.1) is 5.82 Å². The fourth-order valence-electron chi connectivity index (χ4n) is 7.82.